The molecule has 2 heterocycles. The van der Waals surface area contributed by atoms with E-state index in [1.165, 1.54) is 6.92 Å². The van der Waals surface area contributed by atoms with E-state index in [4.69, 9.17) is 45.4 Å². The van der Waals surface area contributed by atoms with Crippen LogP contribution in [0, 0.1) is 10.8 Å². The van der Waals surface area contributed by atoms with Crippen molar-refractivity contribution in [1.82, 2.24) is 58.2 Å². The predicted octanol–water partition coefficient (Wildman–Crippen LogP) is -1.94. The molecule has 25 nitrogen and oxygen atoms in total. The summed E-state index contributed by atoms with van der Waals surface area (Å²) in [5.74, 6) is -6.49. The SMILES string of the molecule is C=C(N)C1CCCNC(=O)CC[C@H](NC(=O)[C@H](CCCNC(=N)N)NC(C)=O)C(=O)N[C@@H](CCN)C(=O)N[C@H](Cc2ccccc2Cl)C(=O)N[C@@H](CCCNC(=N)N)C(=O)N[C@@H](Cc2c[nH]c3ccccc23)C(=O)N1. The number of para-hydroxylation sites is 1. The highest BCUT2D eigenvalue weighted by molar-refractivity contribution is 6.31. The maximum absolute atomic E-state index is 14.6. The summed E-state index contributed by atoms with van der Waals surface area (Å²) in [6, 6.07) is 5.03. The molecule has 8 amide bonds. The van der Waals surface area contributed by atoms with Crippen LogP contribution in [-0.2, 0) is 51.2 Å². The number of benzene rings is 2. The van der Waals surface area contributed by atoms with Gasteiger partial charge in [-0.3, -0.25) is 49.2 Å². The third-order valence-electron chi connectivity index (χ3n) is 12.2. The van der Waals surface area contributed by atoms with Crippen LogP contribution < -0.4 is 76.1 Å². The summed E-state index contributed by atoms with van der Waals surface area (Å²) in [5, 5.41) is 43.1. The average molecular weight is 1060 g/mol. The lowest BCUT2D eigenvalue weighted by Crippen LogP contribution is -2.60. The third-order valence-corrected chi connectivity index (χ3v) is 12.5. The van der Waals surface area contributed by atoms with Crippen LogP contribution in [0.5, 0.6) is 0 Å². The van der Waals surface area contributed by atoms with Crippen molar-refractivity contribution < 1.29 is 38.4 Å². The Morgan fingerprint density at radius 2 is 1.32 bits per heavy atom. The molecule has 1 aliphatic heterocycles. The highest BCUT2D eigenvalue weighted by Gasteiger charge is 2.35. The Balaban J connectivity index is 1.77. The van der Waals surface area contributed by atoms with Gasteiger partial charge in [-0.1, -0.05) is 54.6 Å². The van der Waals surface area contributed by atoms with Crippen LogP contribution >= 0.6 is 11.6 Å². The fraction of sp³-hybridized carbons (Fsp3) is 0.469. The number of fused-ring (bicyclic) bond motifs is 1. The molecule has 21 N–H and O–H groups in total. The molecule has 2 aromatic carbocycles. The number of hydrogen-bond acceptors (Lipinski definition) is 12. The van der Waals surface area contributed by atoms with E-state index in [2.05, 4.69) is 64.7 Å². The van der Waals surface area contributed by atoms with Crippen LogP contribution in [0.4, 0.5) is 0 Å². The molecule has 1 aliphatic rings. The summed E-state index contributed by atoms with van der Waals surface area (Å²) in [7, 11) is 0. The minimum absolute atomic E-state index is 0.0125. The summed E-state index contributed by atoms with van der Waals surface area (Å²) in [6.45, 7) is 5.34. The van der Waals surface area contributed by atoms with Gasteiger partial charge in [0.1, 0.15) is 36.3 Å². The molecule has 7 atom stereocenters. The van der Waals surface area contributed by atoms with E-state index in [0.717, 1.165) is 10.9 Å². The van der Waals surface area contributed by atoms with Gasteiger partial charge in [0.2, 0.25) is 47.3 Å². The summed E-state index contributed by atoms with van der Waals surface area (Å²) in [5.41, 5.74) is 25.1. The van der Waals surface area contributed by atoms with E-state index < -0.39 is 89.6 Å². The molecule has 0 spiro atoms. The van der Waals surface area contributed by atoms with Gasteiger partial charge < -0.3 is 81.1 Å². The fourth-order valence-corrected chi connectivity index (χ4v) is 8.46. The lowest BCUT2D eigenvalue weighted by atomic mass is 10.0. The highest BCUT2D eigenvalue weighted by Crippen LogP contribution is 2.21. The number of rotatable bonds is 18. The molecule has 1 fully saturated rings. The standard InChI is InChI=1S/C49H72ClN17O8/c1-27(52)33-14-7-21-57-41(69)18-17-37(64-42(70)35(61-28(2)68)15-8-22-58-48(53)54)44(72)65-38(19-20-51)45(73)66-39(24-29-10-3-5-12-32(29)50)47(75)63-36(16-9-23-59-49(55)56)43(71)67-40(46(74)62-33)25-30-26-60-34-13-6-4-11-31(30)34/h3-6,10-13,26,33,35-40,60H,1,7-9,14-25,51-52H2,2H3,(H,57,69)(H,61,68)(H,62,74)(H,63,75)(H,64,70)(H,65,72)(H,66,73)(H,67,71)(H4,53,54,58)(H4,55,56,59)/t33?,35-,36-,37-,38-,39+,40-/m0/s1. The monoisotopic (exact) mass is 1060 g/mol. The number of aromatic nitrogens is 1. The summed E-state index contributed by atoms with van der Waals surface area (Å²) in [4.78, 5) is 115. The van der Waals surface area contributed by atoms with Crippen molar-refractivity contribution in [3.8, 4) is 0 Å². The van der Waals surface area contributed by atoms with Crippen molar-refractivity contribution >= 4 is 81.7 Å². The van der Waals surface area contributed by atoms with Gasteiger partial charge in [0.15, 0.2) is 11.9 Å². The van der Waals surface area contributed by atoms with Crippen molar-refractivity contribution in [2.75, 3.05) is 26.2 Å². The van der Waals surface area contributed by atoms with Crippen molar-refractivity contribution in [2.24, 2.45) is 22.9 Å². The number of amides is 8. The van der Waals surface area contributed by atoms with Gasteiger partial charge >= 0.3 is 0 Å². The van der Waals surface area contributed by atoms with Gasteiger partial charge in [0.25, 0.3) is 0 Å². The molecule has 4 rings (SSSR count). The first-order chi connectivity index (χ1) is 35.8. The Morgan fingerprint density at radius 3 is 1.96 bits per heavy atom. The van der Waals surface area contributed by atoms with Crippen molar-refractivity contribution in [1.29, 1.82) is 10.8 Å². The second kappa shape index (κ2) is 30.3. The minimum Gasteiger partial charge on any atom is -0.401 e. The Kier molecular flexibility index (Phi) is 24.1. The van der Waals surface area contributed by atoms with Gasteiger partial charge in [0.05, 0.1) is 6.04 Å². The smallest absolute Gasteiger partial charge is 0.243 e. The first-order valence-corrected chi connectivity index (χ1v) is 25.1. The number of aromatic amines is 1. The summed E-state index contributed by atoms with van der Waals surface area (Å²) in [6.07, 6.45) is 1.70. The third kappa shape index (κ3) is 20.1. The maximum Gasteiger partial charge on any atom is 0.243 e. The Labute approximate surface area is 439 Å². The molecule has 0 bridgehead atoms. The normalized spacial score (nSPS) is 21.1. The molecule has 1 saturated heterocycles. The number of H-pyrrole nitrogens is 1. The van der Waals surface area contributed by atoms with E-state index >= 15 is 0 Å². The molecule has 1 aromatic heterocycles. The van der Waals surface area contributed by atoms with E-state index in [9.17, 15) is 38.4 Å². The number of carbonyl (C=O) groups excluding carboxylic acids is 8. The first kappa shape index (κ1) is 59.6. The van der Waals surface area contributed by atoms with Crippen molar-refractivity contribution in [3.05, 3.63) is 83.2 Å². The van der Waals surface area contributed by atoms with Crippen molar-refractivity contribution in [2.45, 2.75) is 120 Å². The van der Waals surface area contributed by atoms with Crippen molar-refractivity contribution in [3.63, 3.8) is 0 Å². The minimum atomic E-state index is -1.46. The average Bonchev–Trinajstić information content (AvgIpc) is 3.77. The van der Waals surface area contributed by atoms with Gasteiger partial charge in [-0.05, 0) is 81.2 Å². The molecule has 408 valence electrons. The lowest BCUT2D eigenvalue weighted by molar-refractivity contribution is -0.135. The Morgan fingerprint density at radius 1 is 0.747 bits per heavy atom. The van der Waals surface area contributed by atoms with Crippen LogP contribution in [0.3, 0.4) is 0 Å². The van der Waals surface area contributed by atoms with Crippen LogP contribution in [-0.4, -0.2) is 133 Å². The van der Waals surface area contributed by atoms with Gasteiger partial charge in [-0.15, -0.1) is 0 Å². The van der Waals surface area contributed by atoms with Gasteiger partial charge in [-0.25, -0.2) is 0 Å². The number of nitrogens with two attached hydrogens (primary N) is 4. The van der Waals surface area contributed by atoms with Gasteiger partial charge in [-0.2, -0.15) is 0 Å². The second-order valence-corrected chi connectivity index (χ2v) is 18.5. The number of halogens is 1. The molecular formula is C49H72ClN17O8. The quantitative estimate of drug-likeness (QED) is 0.0375. The molecule has 26 heteroatoms. The summed E-state index contributed by atoms with van der Waals surface area (Å²) >= 11 is 6.57. The van der Waals surface area contributed by atoms with Crippen LogP contribution in [0.1, 0.15) is 75.8 Å². The fourth-order valence-electron chi connectivity index (χ4n) is 8.25. The lowest BCUT2D eigenvalue weighted by Gasteiger charge is -2.28. The largest absolute Gasteiger partial charge is 0.401 e. The van der Waals surface area contributed by atoms with E-state index in [0.29, 0.717) is 11.1 Å². The van der Waals surface area contributed by atoms with Gasteiger partial charge in [0, 0.05) is 73.6 Å². The number of hydrogen-bond donors (Lipinski definition) is 17. The molecular weight excluding hydrogens is 990 g/mol. The zero-order valence-corrected chi connectivity index (χ0v) is 42.8. The highest BCUT2D eigenvalue weighted by atomic mass is 35.5. The predicted molar refractivity (Wildman–Crippen MR) is 283 cm³/mol. The number of nitrogens with one attached hydrogen (secondary N) is 13. The Bertz CT molecular complexity index is 2520. The summed E-state index contributed by atoms with van der Waals surface area (Å²) < 4.78 is 0. The molecule has 0 aliphatic carbocycles. The molecule has 0 saturated carbocycles. The number of guanidine groups is 2. The zero-order chi connectivity index (χ0) is 55.0. The zero-order valence-electron chi connectivity index (χ0n) is 42.0. The first-order valence-electron chi connectivity index (χ1n) is 24.7. The van der Waals surface area contributed by atoms with E-state index in [-0.39, 0.29) is 119 Å². The molecule has 0 radical (unpaired) electrons. The molecule has 75 heavy (non-hydrogen) atoms. The number of carbonyl (C=O) groups is 8. The van der Waals surface area contributed by atoms with E-state index in [1.807, 2.05) is 24.3 Å². The molecule has 1 unspecified atom stereocenters. The van der Waals surface area contributed by atoms with Crippen LogP contribution in [0.25, 0.3) is 10.9 Å². The van der Waals surface area contributed by atoms with Crippen LogP contribution in [0.15, 0.2) is 67.0 Å². The second-order valence-electron chi connectivity index (χ2n) is 18.1. The van der Waals surface area contributed by atoms with Crippen LogP contribution in [0.2, 0.25) is 5.02 Å². The maximum atomic E-state index is 14.6. The molecule has 3 aromatic rings. The Hall–Kier alpha value is -7.93. The van der Waals surface area contributed by atoms with E-state index in [1.54, 1.807) is 30.5 Å². The topological polar surface area (TPSA) is 424 Å².